The molecule has 3 rings (SSSR count). The average molecular weight is 304 g/mol. The van der Waals surface area contributed by atoms with Gasteiger partial charge in [0.05, 0.1) is 24.1 Å². The van der Waals surface area contributed by atoms with Crippen molar-refractivity contribution in [2.45, 2.75) is 32.2 Å². The third-order valence-electron chi connectivity index (χ3n) is 4.63. The zero-order valence-electron chi connectivity index (χ0n) is 12.5. The minimum atomic E-state index is -0.754. The van der Waals surface area contributed by atoms with E-state index in [1.54, 1.807) is 17.7 Å². The summed E-state index contributed by atoms with van der Waals surface area (Å²) in [5.41, 5.74) is 1.31. The molecule has 118 valence electrons. The number of carboxylic acid groups (broad SMARTS) is 1. The number of imidazole rings is 1. The normalized spacial score (nSPS) is 21.9. The summed E-state index contributed by atoms with van der Waals surface area (Å²) in [5.74, 6) is -0.445. The van der Waals surface area contributed by atoms with Gasteiger partial charge >= 0.3 is 11.7 Å². The van der Waals surface area contributed by atoms with Crippen LogP contribution in [-0.4, -0.2) is 27.7 Å². The summed E-state index contributed by atoms with van der Waals surface area (Å²) in [7, 11) is 1.58. The highest BCUT2D eigenvalue weighted by Crippen LogP contribution is 2.32. The average Bonchev–Trinajstić information content (AvgIpc) is 2.83. The van der Waals surface area contributed by atoms with Gasteiger partial charge in [0.1, 0.15) is 5.75 Å². The van der Waals surface area contributed by atoms with Gasteiger partial charge in [-0.1, -0.05) is 12.8 Å². The largest absolute Gasteiger partial charge is 0.497 e. The van der Waals surface area contributed by atoms with Crippen LogP contribution in [0.4, 0.5) is 0 Å². The Morgan fingerprint density at radius 1 is 1.41 bits per heavy atom. The number of aliphatic carboxylic acids is 1. The molecular weight excluding hydrogens is 284 g/mol. The molecule has 2 unspecified atom stereocenters. The van der Waals surface area contributed by atoms with Crippen molar-refractivity contribution in [3.05, 3.63) is 28.7 Å². The fourth-order valence-electron chi connectivity index (χ4n) is 3.43. The van der Waals surface area contributed by atoms with E-state index in [-0.39, 0.29) is 17.5 Å². The van der Waals surface area contributed by atoms with Crippen molar-refractivity contribution in [2.75, 3.05) is 7.11 Å². The molecule has 2 aromatic rings. The molecule has 6 nitrogen and oxygen atoms in total. The van der Waals surface area contributed by atoms with E-state index in [9.17, 15) is 14.7 Å². The predicted octanol–water partition coefficient (Wildman–Crippen LogP) is 2.23. The lowest BCUT2D eigenvalue weighted by atomic mass is 9.79. The van der Waals surface area contributed by atoms with Crippen molar-refractivity contribution < 1.29 is 14.6 Å². The number of aromatic amines is 1. The molecule has 0 amide bonds. The number of fused-ring (bicyclic) bond motifs is 1. The summed E-state index contributed by atoms with van der Waals surface area (Å²) in [6, 6.07) is 5.41. The highest BCUT2D eigenvalue weighted by Gasteiger charge is 2.31. The quantitative estimate of drug-likeness (QED) is 0.907. The smallest absolute Gasteiger partial charge is 0.326 e. The van der Waals surface area contributed by atoms with Crippen LogP contribution in [0.15, 0.2) is 23.0 Å². The molecule has 22 heavy (non-hydrogen) atoms. The Balaban J connectivity index is 1.97. The van der Waals surface area contributed by atoms with Crippen LogP contribution in [0.25, 0.3) is 11.0 Å². The topological polar surface area (TPSA) is 84.3 Å². The molecule has 0 aliphatic heterocycles. The van der Waals surface area contributed by atoms with E-state index in [2.05, 4.69) is 4.98 Å². The number of aromatic nitrogens is 2. The number of rotatable bonds is 4. The lowest BCUT2D eigenvalue weighted by Gasteiger charge is -2.28. The van der Waals surface area contributed by atoms with E-state index >= 15 is 0 Å². The van der Waals surface area contributed by atoms with Crippen molar-refractivity contribution in [3.8, 4) is 5.75 Å². The molecule has 2 N–H and O–H groups in total. The molecule has 0 radical (unpaired) electrons. The monoisotopic (exact) mass is 304 g/mol. The summed E-state index contributed by atoms with van der Waals surface area (Å²) in [5, 5.41) is 9.39. The Morgan fingerprint density at radius 2 is 2.18 bits per heavy atom. The van der Waals surface area contributed by atoms with Gasteiger partial charge < -0.3 is 14.8 Å². The van der Waals surface area contributed by atoms with Gasteiger partial charge in [0.2, 0.25) is 0 Å². The third-order valence-corrected chi connectivity index (χ3v) is 4.63. The molecule has 6 heteroatoms. The highest BCUT2D eigenvalue weighted by atomic mass is 16.5. The molecule has 1 heterocycles. The summed E-state index contributed by atoms with van der Waals surface area (Å²) >= 11 is 0. The minimum absolute atomic E-state index is 0.00542. The fraction of sp³-hybridized carbons (Fsp3) is 0.500. The van der Waals surface area contributed by atoms with E-state index in [1.165, 1.54) is 0 Å². The number of hydrogen-bond acceptors (Lipinski definition) is 3. The van der Waals surface area contributed by atoms with Crippen LogP contribution in [0.3, 0.4) is 0 Å². The van der Waals surface area contributed by atoms with Gasteiger partial charge in [0.25, 0.3) is 0 Å². The second kappa shape index (κ2) is 5.87. The van der Waals surface area contributed by atoms with Gasteiger partial charge in [0.15, 0.2) is 0 Å². The van der Waals surface area contributed by atoms with E-state index in [4.69, 9.17) is 4.74 Å². The molecule has 1 fully saturated rings. The number of hydrogen-bond donors (Lipinski definition) is 2. The van der Waals surface area contributed by atoms with Crippen LogP contribution in [0.5, 0.6) is 5.75 Å². The van der Waals surface area contributed by atoms with E-state index in [0.717, 1.165) is 30.3 Å². The van der Waals surface area contributed by atoms with E-state index in [1.807, 2.05) is 12.1 Å². The van der Waals surface area contributed by atoms with Gasteiger partial charge in [-0.15, -0.1) is 0 Å². The molecule has 1 aliphatic carbocycles. The summed E-state index contributed by atoms with van der Waals surface area (Å²) < 4.78 is 6.86. The first-order valence-corrected chi connectivity index (χ1v) is 7.59. The van der Waals surface area contributed by atoms with Crippen molar-refractivity contribution in [1.29, 1.82) is 0 Å². The molecule has 2 atom stereocenters. The Labute approximate surface area is 127 Å². The number of methoxy groups -OCH3 is 1. The first kappa shape index (κ1) is 14.7. The molecule has 1 aliphatic rings. The Morgan fingerprint density at radius 3 is 2.91 bits per heavy atom. The summed E-state index contributed by atoms with van der Waals surface area (Å²) in [6.45, 7) is 0.433. The number of nitrogens with zero attached hydrogens (tertiary/aromatic N) is 1. The second-order valence-electron chi connectivity index (χ2n) is 5.91. The predicted molar refractivity (Wildman–Crippen MR) is 82.2 cm³/mol. The van der Waals surface area contributed by atoms with Crippen molar-refractivity contribution in [1.82, 2.24) is 9.55 Å². The fourth-order valence-corrected chi connectivity index (χ4v) is 3.43. The number of nitrogens with one attached hydrogen (secondary N) is 1. The second-order valence-corrected chi connectivity index (χ2v) is 5.91. The van der Waals surface area contributed by atoms with Crippen LogP contribution in [0.2, 0.25) is 0 Å². The maximum absolute atomic E-state index is 12.2. The Hall–Kier alpha value is -2.24. The molecule has 1 aromatic carbocycles. The zero-order chi connectivity index (χ0) is 15.7. The number of ether oxygens (including phenoxy) is 1. The van der Waals surface area contributed by atoms with Crippen LogP contribution in [-0.2, 0) is 11.3 Å². The zero-order valence-corrected chi connectivity index (χ0v) is 12.5. The van der Waals surface area contributed by atoms with Crippen LogP contribution < -0.4 is 10.4 Å². The van der Waals surface area contributed by atoms with Gasteiger partial charge in [0, 0.05) is 12.6 Å². The molecule has 0 saturated heterocycles. The SMILES string of the molecule is COc1ccc2[nH]c(=O)n(CC3CCCCC3C(=O)O)c2c1. The number of H-pyrrole nitrogens is 1. The minimum Gasteiger partial charge on any atom is -0.497 e. The van der Waals surface area contributed by atoms with Gasteiger partial charge in [-0.25, -0.2) is 4.79 Å². The standard InChI is InChI=1S/C16H20N2O4/c1-22-11-6-7-13-14(8-11)18(16(21)17-13)9-10-4-2-3-5-12(10)15(19)20/h6-8,10,12H,2-5,9H2,1H3,(H,17,21)(H,19,20). The highest BCUT2D eigenvalue weighted by molar-refractivity contribution is 5.77. The molecule has 0 spiro atoms. The number of benzene rings is 1. The number of carbonyl (C=O) groups is 1. The summed E-state index contributed by atoms with van der Waals surface area (Å²) in [4.78, 5) is 26.5. The van der Waals surface area contributed by atoms with Crippen molar-refractivity contribution in [2.24, 2.45) is 11.8 Å². The lowest BCUT2D eigenvalue weighted by molar-refractivity contribution is -0.145. The van der Waals surface area contributed by atoms with Crippen LogP contribution in [0, 0.1) is 11.8 Å². The maximum atomic E-state index is 12.2. The van der Waals surface area contributed by atoms with Crippen LogP contribution >= 0.6 is 0 Å². The molecular formula is C16H20N2O4. The van der Waals surface area contributed by atoms with Gasteiger partial charge in [-0.05, 0) is 30.9 Å². The van der Waals surface area contributed by atoms with Gasteiger partial charge in [-0.3, -0.25) is 9.36 Å². The Bertz CT molecular complexity index is 746. The number of carboxylic acids is 1. The van der Waals surface area contributed by atoms with Crippen molar-refractivity contribution in [3.63, 3.8) is 0 Å². The molecule has 0 bridgehead atoms. The van der Waals surface area contributed by atoms with Crippen molar-refractivity contribution >= 4 is 17.0 Å². The van der Waals surface area contributed by atoms with E-state index < -0.39 is 5.97 Å². The lowest BCUT2D eigenvalue weighted by Crippen LogP contribution is -2.32. The summed E-state index contributed by atoms with van der Waals surface area (Å²) in [6.07, 6.45) is 3.51. The van der Waals surface area contributed by atoms with Crippen LogP contribution in [0.1, 0.15) is 25.7 Å². The first-order chi connectivity index (χ1) is 10.6. The Kier molecular flexibility index (Phi) is 3.92. The molecule has 1 aromatic heterocycles. The third kappa shape index (κ3) is 2.61. The first-order valence-electron chi connectivity index (χ1n) is 7.59. The maximum Gasteiger partial charge on any atom is 0.326 e. The molecule has 1 saturated carbocycles. The van der Waals surface area contributed by atoms with Gasteiger partial charge in [-0.2, -0.15) is 0 Å². The van der Waals surface area contributed by atoms with E-state index in [0.29, 0.717) is 18.7 Å².